The Bertz CT molecular complexity index is 1290. The van der Waals surface area contributed by atoms with E-state index in [2.05, 4.69) is 0 Å². The van der Waals surface area contributed by atoms with Gasteiger partial charge in [0.1, 0.15) is 17.1 Å². The monoisotopic (exact) mass is 418 g/mol. The normalized spacial score (nSPS) is 11.6. The lowest BCUT2D eigenvalue weighted by Crippen LogP contribution is -2.12. The predicted molar refractivity (Wildman–Crippen MR) is 118 cm³/mol. The number of primary amides is 1. The molecule has 1 heterocycles. The fourth-order valence-electron chi connectivity index (χ4n) is 3.16. The molecule has 0 saturated carbocycles. The Labute approximate surface area is 178 Å². The summed E-state index contributed by atoms with van der Waals surface area (Å²) in [7, 11) is 0. The molecule has 1 aromatic heterocycles. The van der Waals surface area contributed by atoms with Crippen molar-refractivity contribution in [2.24, 2.45) is 10.7 Å². The van der Waals surface area contributed by atoms with Crippen molar-refractivity contribution in [2.45, 2.75) is 6.92 Å². The van der Waals surface area contributed by atoms with Crippen LogP contribution in [0.2, 0.25) is 5.02 Å². The van der Waals surface area contributed by atoms with Crippen LogP contribution >= 0.6 is 11.6 Å². The lowest BCUT2D eigenvalue weighted by molar-refractivity contribution is 0.100. The lowest BCUT2D eigenvalue weighted by atomic mass is 10.1. The molecule has 5 nitrogen and oxygen atoms in total. The van der Waals surface area contributed by atoms with Gasteiger partial charge in [-0.05, 0) is 61.5 Å². The minimum Gasteiger partial charge on any atom is -0.494 e. The Morgan fingerprint density at radius 3 is 2.57 bits per heavy atom. The average molecular weight is 419 g/mol. The molecule has 0 saturated heterocycles. The topological polar surface area (TPSA) is 77.8 Å². The maximum Gasteiger partial charge on any atom is 0.250 e. The van der Waals surface area contributed by atoms with Crippen LogP contribution in [-0.2, 0) is 0 Å². The molecule has 6 heteroatoms. The van der Waals surface area contributed by atoms with E-state index in [0.717, 1.165) is 10.9 Å². The van der Waals surface area contributed by atoms with E-state index < -0.39 is 5.91 Å². The molecule has 0 bridgehead atoms. The highest BCUT2D eigenvalue weighted by molar-refractivity contribution is 6.30. The van der Waals surface area contributed by atoms with Gasteiger partial charge in [-0.1, -0.05) is 23.7 Å². The zero-order valence-corrected chi connectivity index (χ0v) is 17.0. The first-order valence-corrected chi connectivity index (χ1v) is 9.83. The van der Waals surface area contributed by atoms with Crippen molar-refractivity contribution in [3.05, 3.63) is 88.7 Å². The fraction of sp³-hybridized carbons (Fsp3) is 0.0833. The van der Waals surface area contributed by atoms with E-state index in [1.165, 1.54) is 0 Å². The van der Waals surface area contributed by atoms with Crippen LogP contribution < -0.4 is 15.8 Å². The van der Waals surface area contributed by atoms with E-state index in [-0.39, 0.29) is 0 Å². The first kappa shape index (κ1) is 19.7. The average Bonchev–Trinajstić information content (AvgIpc) is 2.75. The number of nitrogens with zero attached hydrogens (tertiary/aromatic N) is 1. The summed E-state index contributed by atoms with van der Waals surface area (Å²) in [5, 5.41) is 2.04. The van der Waals surface area contributed by atoms with Gasteiger partial charge in [0.05, 0.1) is 23.2 Å². The number of fused-ring (bicyclic) bond motifs is 1. The third-order valence-corrected chi connectivity index (χ3v) is 4.82. The van der Waals surface area contributed by atoms with Crippen molar-refractivity contribution in [3.63, 3.8) is 0 Å². The third-order valence-electron chi connectivity index (χ3n) is 4.56. The second-order valence-electron chi connectivity index (χ2n) is 6.59. The smallest absolute Gasteiger partial charge is 0.250 e. The van der Waals surface area contributed by atoms with Gasteiger partial charge in [0.2, 0.25) is 0 Å². The van der Waals surface area contributed by atoms with Gasteiger partial charge in [-0.3, -0.25) is 4.79 Å². The van der Waals surface area contributed by atoms with Gasteiger partial charge in [-0.15, -0.1) is 0 Å². The van der Waals surface area contributed by atoms with Crippen LogP contribution in [0.3, 0.4) is 0 Å². The molecule has 4 aromatic rings. The molecule has 0 aliphatic rings. The van der Waals surface area contributed by atoms with Crippen molar-refractivity contribution in [1.29, 1.82) is 0 Å². The molecule has 0 radical (unpaired) electrons. The molecule has 3 aromatic carbocycles. The molecule has 0 unspecified atom stereocenters. The number of carbonyl (C=O) groups excluding carboxylic acids is 1. The summed E-state index contributed by atoms with van der Waals surface area (Å²) >= 11 is 6.02. The highest BCUT2D eigenvalue weighted by atomic mass is 35.5. The van der Waals surface area contributed by atoms with Crippen LogP contribution in [0, 0.1) is 0 Å². The van der Waals surface area contributed by atoms with Crippen LogP contribution in [0.25, 0.3) is 22.3 Å². The quantitative estimate of drug-likeness (QED) is 0.466. The molecular formula is C24H19ClN2O3. The molecule has 0 fully saturated rings. The van der Waals surface area contributed by atoms with E-state index in [4.69, 9.17) is 31.5 Å². The Hall–Kier alpha value is -3.57. The Balaban J connectivity index is 2.00. The number of nitrogens with two attached hydrogens (primary N) is 1. The van der Waals surface area contributed by atoms with E-state index in [1.54, 1.807) is 30.3 Å². The zero-order chi connectivity index (χ0) is 21.1. The van der Waals surface area contributed by atoms with Crippen LogP contribution in [-0.4, -0.2) is 12.5 Å². The van der Waals surface area contributed by atoms with Gasteiger partial charge >= 0.3 is 0 Å². The second-order valence-corrected chi connectivity index (χ2v) is 7.02. The number of hydrogen-bond acceptors (Lipinski definition) is 4. The molecule has 0 atom stereocenters. The van der Waals surface area contributed by atoms with Gasteiger partial charge in [0.15, 0.2) is 0 Å². The standard InChI is InChI=1S/C24H19ClN2O3/c1-2-29-17-11-12-22-19(13-17)21(27-20-6-4-3-5-18(20)24(26)28)14-23(30-22)15-7-9-16(25)10-8-15/h3-14H,2H2,1H3,(H2,26,28). The number of ether oxygens (including phenoxy) is 1. The molecule has 30 heavy (non-hydrogen) atoms. The van der Waals surface area contributed by atoms with Crippen LogP contribution in [0.4, 0.5) is 5.69 Å². The summed E-state index contributed by atoms with van der Waals surface area (Å²) in [5.74, 6) is 0.796. The van der Waals surface area contributed by atoms with Crippen LogP contribution in [0.5, 0.6) is 5.75 Å². The zero-order valence-electron chi connectivity index (χ0n) is 16.3. The molecular weight excluding hydrogens is 400 g/mol. The highest BCUT2D eigenvalue weighted by Gasteiger charge is 2.10. The van der Waals surface area contributed by atoms with Crippen LogP contribution in [0.1, 0.15) is 17.3 Å². The largest absolute Gasteiger partial charge is 0.494 e. The molecule has 150 valence electrons. The number of halogens is 1. The molecule has 1 amide bonds. The minimum absolute atomic E-state index is 0.348. The maximum atomic E-state index is 11.8. The SMILES string of the molecule is CCOc1ccc2oc(-c3ccc(Cl)cc3)cc(=Nc3ccccc3C(N)=O)c2c1. The lowest BCUT2D eigenvalue weighted by Gasteiger charge is -2.08. The number of rotatable bonds is 5. The maximum absolute atomic E-state index is 11.8. The molecule has 2 N–H and O–H groups in total. The first-order valence-electron chi connectivity index (χ1n) is 9.45. The van der Waals surface area contributed by atoms with E-state index in [0.29, 0.717) is 45.3 Å². The Kier molecular flexibility index (Phi) is 5.55. The molecule has 0 spiro atoms. The van der Waals surface area contributed by atoms with Gasteiger partial charge in [0, 0.05) is 22.0 Å². The summed E-state index contributed by atoms with van der Waals surface area (Å²) in [5.41, 5.74) is 7.86. The Morgan fingerprint density at radius 2 is 1.83 bits per heavy atom. The van der Waals surface area contributed by atoms with E-state index >= 15 is 0 Å². The van der Waals surface area contributed by atoms with Crippen molar-refractivity contribution in [1.82, 2.24) is 0 Å². The Morgan fingerprint density at radius 1 is 1.07 bits per heavy atom. The van der Waals surface area contributed by atoms with Crippen molar-refractivity contribution < 1.29 is 13.9 Å². The summed E-state index contributed by atoms with van der Waals surface area (Å²) in [6, 6.07) is 21.7. The number of amides is 1. The minimum atomic E-state index is -0.535. The van der Waals surface area contributed by atoms with E-state index in [1.807, 2.05) is 49.4 Å². The first-order chi connectivity index (χ1) is 14.5. The number of benzene rings is 3. The van der Waals surface area contributed by atoms with Crippen molar-refractivity contribution in [2.75, 3.05) is 6.61 Å². The predicted octanol–water partition coefficient (Wildman–Crippen LogP) is 5.48. The van der Waals surface area contributed by atoms with Crippen molar-refractivity contribution in [3.8, 4) is 17.1 Å². The fourth-order valence-corrected chi connectivity index (χ4v) is 3.29. The molecule has 4 rings (SSSR count). The number of para-hydroxylation sites is 1. The summed E-state index contributed by atoms with van der Waals surface area (Å²) in [4.78, 5) is 16.6. The number of hydrogen-bond donors (Lipinski definition) is 1. The third kappa shape index (κ3) is 4.07. The molecule has 0 aliphatic heterocycles. The second kappa shape index (κ2) is 8.43. The van der Waals surface area contributed by atoms with Gasteiger partial charge in [0.25, 0.3) is 5.91 Å². The summed E-state index contributed by atoms with van der Waals surface area (Å²) < 4.78 is 11.8. The number of carbonyl (C=O) groups is 1. The van der Waals surface area contributed by atoms with E-state index in [9.17, 15) is 4.79 Å². The van der Waals surface area contributed by atoms with Crippen molar-refractivity contribution >= 4 is 34.2 Å². The van der Waals surface area contributed by atoms with Crippen LogP contribution in [0.15, 0.2) is 82.2 Å². The van der Waals surface area contributed by atoms with Gasteiger partial charge < -0.3 is 14.9 Å². The molecule has 0 aliphatic carbocycles. The van der Waals surface area contributed by atoms with Gasteiger partial charge in [-0.25, -0.2) is 4.99 Å². The summed E-state index contributed by atoms with van der Waals surface area (Å²) in [6.07, 6.45) is 0. The summed E-state index contributed by atoms with van der Waals surface area (Å²) in [6.45, 7) is 2.47. The van der Waals surface area contributed by atoms with Gasteiger partial charge in [-0.2, -0.15) is 0 Å². The highest BCUT2D eigenvalue weighted by Crippen LogP contribution is 2.27.